The molecule has 27 heavy (non-hydrogen) atoms. The maximum absolute atomic E-state index is 12.4. The zero-order valence-electron chi connectivity index (χ0n) is 15.6. The summed E-state index contributed by atoms with van der Waals surface area (Å²) in [6.45, 7) is 5.10. The predicted molar refractivity (Wildman–Crippen MR) is 102 cm³/mol. The number of fused-ring (bicyclic) bond motifs is 1. The molecule has 7 nitrogen and oxygen atoms in total. The van der Waals surface area contributed by atoms with Crippen molar-refractivity contribution in [1.29, 1.82) is 0 Å². The molecule has 2 N–H and O–H groups in total. The zero-order chi connectivity index (χ0) is 19.7. The first-order valence-electron chi connectivity index (χ1n) is 8.52. The average Bonchev–Trinajstić information content (AvgIpc) is 2.88. The second-order valence-electron chi connectivity index (χ2n) is 6.39. The molecule has 0 aliphatic rings. The van der Waals surface area contributed by atoms with Gasteiger partial charge in [-0.2, -0.15) is 5.10 Å². The van der Waals surface area contributed by atoms with Crippen molar-refractivity contribution in [2.24, 2.45) is 7.05 Å². The minimum atomic E-state index is -1.04. The summed E-state index contributed by atoms with van der Waals surface area (Å²) >= 11 is 0. The first kappa shape index (κ1) is 18.4. The summed E-state index contributed by atoms with van der Waals surface area (Å²) in [6, 6.07) is 10.4. The number of anilines is 1. The van der Waals surface area contributed by atoms with E-state index in [2.05, 4.69) is 10.4 Å². The number of hydrogen-bond acceptors (Lipinski definition) is 5. The number of ether oxygens (including phenoxy) is 1. The molecule has 140 valence electrons. The largest absolute Gasteiger partial charge is 0.506 e. The molecule has 0 saturated heterocycles. The fourth-order valence-electron chi connectivity index (χ4n) is 2.88. The quantitative estimate of drug-likeness (QED) is 0.691. The molecule has 0 fully saturated rings. The highest BCUT2D eigenvalue weighted by molar-refractivity contribution is 6.03. The van der Waals surface area contributed by atoms with E-state index in [1.165, 1.54) is 13.0 Å². The SMILES string of the molecule is Cc1nn(C)c(C)c1NC(=O)C(C)OC(=O)c1ccc2ccccc2c1O. The number of esters is 1. The zero-order valence-corrected chi connectivity index (χ0v) is 15.6. The molecule has 0 saturated carbocycles. The summed E-state index contributed by atoms with van der Waals surface area (Å²) in [5.74, 6) is -1.40. The van der Waals surface area contributed by atoms with Crippen molar-refractivity contribution in [3.63, 3.8) is 0 Å². The van der Waals surface area contributed by atoms with Crippen molar-refractivity contribution >= 4 is 28.3 Å². The smallest absolute Gasteiger partial charge is 0.342 e. The topological polar surface area (TPSA) is 93.5 Å². The number of aromatic hydroxyl groups is 1. The summed E-state index contributed by atoms with van der Waals surface area (Å²) in [7, 11) is 1.78. The number of carbonyl (C=O) groups is 2. The molecular formula is C20H21N3O4. The van der Waals surface area contributed by atoms with E-state index >= 15 is 0 Å². The van der Waals surface area contributed by atoms with Gasteiger partial charge in [0.1, 0.15) is 11.3 Å². The summed E-state index contributed by atoms with van der Waals surface area (Å²) in [6.07, 6.45) is -1.04. The van der Waals surface area contributed by atoms with Crippen LogP contribution in [-0.2, 0) is 16.6 Å². The minimum absolute atomic E-state index is 0.0158. The lowest BCUT2D eigenvalue weighted by molar-refractivity contribution is -0.123. The highest BCUT2D eigenvalue weighted by Crippen LogP contribution is 2.29. The summed E-state index contributed by atoms with van der Waals surface area (Å²) in [4.78, 5) is 24.8. The van der Waals surface area contributed by atoms with Crippen LogP contribution < -0.4 is 5.32 Å². The third-order valence-corrected chi connectivity index (χ3v) is 4.53. The fourth-order valence-corrected chi connectivity index (χ4v) is 2.88. The van der Waals surface area contributed by atoms with Crippen molar-refractivity contribution < 1.29 is 19.4 Å². The average molecular weight is 367 g/mol. The lowest BCUT2D eigenvalue weighted by Crippen LogP contribution is -2.30. The van der Waals surface area contributed by atoms with E-state index in [1.807, 2.05) is 19.1 Å². The van der Waals surface area contributed by atoms with E-state index in [4.69, 9.17) is 4.74 Å². The van der Waals surface area contributed by atoms with Crippen LogP contribution in [0.25, 0.3) is 10.8 Å². The number of carbonyl (C=O) groups excluding carboxylic acids is 2. The molecule has 0 radical (unpaired) electrons. The van der Waals surface area contributed by atoms with E-state index in [1.54, 1.807) is 36.9 Å². The highest BCUT2D eigenvalue weighted by Gasteiger charge is 2.23. The Kier molecular flexibility index (Phi) is 4.85. The van der Waals surface area contributed by atoms with Gasteiger partial charge in [-0.05, 0) is 32.2 Å². The Hall–Kier alpha value is -3.35. The Morgan fingerprint density at radius 1 is 1.19 bits per heavy atom. The van der Waals surface area contributed by atoms with Gasteiger partial charge in [0.05, 0.1) is 17.1 Å². The molecule has 1 aromatic heterocycles. The Balaban J connectivity index is 1.75. The number of phenols is 1. The fraction of sp³-hybridized carbons (Fsp3) is 0.250. The van der Waals surface area contributed by atoms with Crippen LogP contribution >= 0.6 is 0 Å². The number of aryl methyl sites for hydroxylation is 2. The van der Waals surface area contributed by atoms with Crippen molar-refractivity contribution in [2.75, 3.05) is 5.32 Å². The number of hydrogen-bond donors (Lipinski definition) is 2. The normalized spacial score (nSPS) is 12.0. The summed E-state index contributed by atoms with van der Waals surface area (Å²) < 4.78 is 6.91. The number of nitrogens with zero attached hydrogens (tertiary/aromatic N) is 2. The van der Waals surface area contributed by atoms with Crippen LogP contribution in [0.5, 0.6) is 5.75 Å². The molecule has 1 unspecified atom stereocenters. The predicted octanol–water partition coefficient (Wildman–Crippen LogP) is 3.08. The molecule has 3 rings (SSSR count). The molecule has 1 atom stereocenters. The third-order valence-electron chi connectivity index (χ3n) is 4.53. The molecule has 3 aromatic rings. The van der Waals surface area contributed by atoms with Crippen LogP contribution in [0.15, 0.2) is 36.4 Å². The molecule has 1 amide bonds. The Morgan fingerprint density at radius 3 is 2.56 bits per heavy atom. The monoisotopic (exact) mass is 367 g/mol. The molecule has 2 aromatic carbocycles. The second-order valence-corrected chi connectivity index (χ2v) is 6.39. The van der Waals surface area contributed by atoms with Crippen molar-refractivity contribution in [1.82, 2.24) is 9.78 Å². The van der Waals surface area contributed by atoms with Crippen LogP contribution in [0.4, 0.5) is 5.69 Å². The van der Waals surface area contributed by atoms with Gasteiger partial charge in [-0.15, -0.1) is 0 Å². The van der Waals surface area contributed by atoms with E-state index < -0.39 is 18.0 Å². The Morgan fingerprint density at radius 2 is 1.89 bits per heavy atom. The van der Waals surface area contributed by atoms with E-state index in [0.29, 0.717) is 16.8 Å². The molecule has 0 aliphatic heterocycles. The van der Waals surface area contributed by atoms with Gasteiger partial charge in [-0.3, -0.25) is 9.48 Å². The van der Waals surface area contributed by atoms with Gasteiger partial charge in [-0.25, -0.2) is 4.79 Å². The van der Waals surface area contributed by atoms with Crippen molar-refractivity contribution in [2.45, 2.75) is 26.9 Å². The first-order valence-corrected chi connectivity index (χ1v) is 8.52. The van der Waals surface area contributed by atoms with Crippen LogP contribution in [0.2, 0.25) is 0 Å². The lowest BCUT2D eigenvalue weighted by atomic mass is 10.1. The second kappa shape index (κ2) is 7.11. The first-order chi connectivity index (χ1) is 12.8. The Bertz CT molecular complexity index is 1040. The minimum Gasteiger partial charge on any atom is -0.506 e. The van der Waals surface area contributed by atoms with E-state index in [-0.39, 0.29) is 11.3 Å². The van der Waals surface area contributed by atoms with E-state index in [0.717, 1.165) is 11.1 Å². The van der Waals surface area contributed by atoms with Crippen LogP contribution in [0.1, 0.15) is 28.7 Å². The molecule has 0 spiro atoms. The number of rotatable bonds is 4. The van der Waals surface area contributed by atoms with Gasteiger partial charge in [0.2, 0.25) is 0 Å². The number of aromatic nitrogens is 2. The Labute approximate surface area is 156 Å². The molecule has 0 aliphatic carbocycles. The number of nitrogens with one attached hydrogen (secondary N) is 1. The van der Waals surface area contributed by atoms with Crippen LogP contribution in [-0.4, -0.2) is 32.9 Å². The van der Waals surface area contributed by atoms with Gasteiger partial charge < -0.3 is 15.2 Å². The number of phenolic OH excluding ortho intramolecular Hbond substituents is 1. The van der Waals surface area contributed by atoms with Crippen molar-refractivity contribution in [3.05, 3.63) is 53.3 Å². The lowest BCUT2D eigenvalue weighted by Gasteiger charge is -2.15. The van der Waals surface area contributed by atoms with Crippen LogP contribution in [0, 0.1) is 13.8 Å². The van der Waals surface area contributed by atoms with Gasteiger partial charge in [0.25, 0.3) is 5.91 Å². The molecule has 0 bridgehead atoms. The number of benzene rings is 2. The van der Waals surface area contributed by atoms with Crippen LogP contribution in [0.3, 0.4) is 0 Å². The maximum atomic E-state index is 12.4. The van der Waals surface area contributed by atoms with Gasteiger partial charge in [-0.1, -0.05) is 30.3 Å². The summed E-state index contributed by atoms with van der Waals surface area (Å²) in [5, 5.41) is 18.7. The van der Waals surface area contributed by atoms with Gasteiger partial charge in [0.15, 0.2) is 6.10 Å². The molecule has 7 heteroatoms. The molecule has 1 heterocycles. The number of amides is 1. The maximum Gasteiger partial charge on any atom is 0.342 e. The van der Waals surface area contributed by atoms with Crippen molar-refractivity contribution in [3.8, 4) is 5.75 Å². The van der Waals surface area contributed by atoms with E-state index in [9.17, 15) is 14.7 Å². The third kappa shape index (κ3) is 3.48. The summed E-state index contributed by atoms with van der Waals surface area (Å²) in [5.41, 5.74) is 2.08. The standard InChI is InChI=1S/C20H21N3O4/c1-11-17(12(2)23(4)22-11)21-19(25)13(3)27-20(26)16-10-9-14-7-5-6-8-15(14)18(16)24/h5-10,13,24H,1-4H3,(H,21,25). The molecular weight excluding hydrogens is 346 g/mol. The highest BCUT2D eigenvalue weighted by atomic mass is 16.5. The van der Waals surface area contributed by atoms with Gasteiger partial charge >= 0.3 is 5.97 Å². The van der Waals surface area contributed by atoms with Gasteiger partial charge in [0, 0.05) is 12.4 Å².